The van der Waals surface area contributed by atoms with Crippen molar-refractivity contribution in [2.24, 2.45) is 0 Å². The summed E-state index contributed by atoms with van der Waals surface area (Å²) in [6, 6.07) is 11.4. The number of ether oxygens (including phenoxy) is 1. The van der Waals surface area contributed by atoms with Crippen LogP contribution in [0.1, 0.15) is 36.6 Å². The zero-order chi connectivity index (χ0) is 18.5. The number of rotatable bonds is 5. The van der Waals surface area contributed by atoms with E-state index in [1.165, 1.54) is 17.3 Å². The van der Waals surface area contributed by atoms with Gasteiger partial charge in [0.25, 0.3) is 0 Å². The summed E-state index contributed by atoms with van der Waals surface area (Å²) in [5, 5.41) is 12.6. The SMILES string of the molecule is COc1ccc(NC(=O)C(C)Sc2nc3c(cc2C#N)CCCC3)cc1. The Hall–Kier alpha value is -2.52. The maximum Gasteiger partial charge on any atom is 0.237 e. The molecule has 3 rings (SSSR count). The number of anilines is 1. The highest BCUT2D eigenvalue weighted by molar-refractivity contribution is 8.00. The maximum atomic E-state index is 12.5. The Labute approximate surface area is 157 Å². The lowest BCUT2D eigenvalue weighted by molar-refractivity contribution is -0.115. The molecule has 1 unspecified atom stereocenters. The smallest absolute Gasteiger partial charge is 0.237 e. The van der Waals surface area contributed by atoms with Gasteiger partial charge in [-0.05, 0) is 68.5 Å². The number of nitrogens with one attached hydrogen (secondary N) is 1. The Kier molecular flexibility index (Phi) is 5.79. The topological polar surface area (TPSA) is 75.0 Å². The van der Waals surface area contributed by atoms with Crippen LogP contribution in [-0.4, -0.2) is 23.3 Å². The second kappa shape index (κ2) is 8.24. The van der Waals surface area contributed by atoms with Crippen LogP contribution in [0.25, 0.3) is 0 Å². The molecule has 0 aliphatic heterocycles. The molecule has 1 amide bonds. The van der Waals surface area contributed by atoms with Gasteiger partial charge in [-0.25, -0.2) is 4.98 Å². The van der Waals surface area contributed by atoms with E-state index in [4.69, 9.17) is 4.74 Å². The molecule has 1 aliphatic carbocycles. The van der Waals surface area contributed by atoms with E-state index < -0.39 is 0 Å². The molecular formula is C20H21N3O2S. The van der Waals surface area contributed by atoms with E-state index in [9.17, 15) is 10.1 Å². The molecule has 1 atom stereocenters. The Morgan fingerprint density at radius 2 is 2.04 bits per heavy atom. The number of benzene rings is 1. The van der Waals surface area contributed by atoms with Gasteiger partial charge in [-0.1, -0.05) is 11.8 Å². The summed E-state index contributed by atoms with van der Waals surface area (Å²) in [5.74, 6) is 0.617. The number of aromatic nitrogens is 1. The monoisotopic (exact) mass is 367 g/mol. The molecule has 0 bridgehead atoms. The molecule has 5 nitrogen and oxygen atoms in total. The van der Waals surface area contributed by atoms with E-state index in [2.05, 4.69) is 16.4 Å². The zero-order valence-corrected chi connectivity index (χ0v) is 15.7. The largest absolute Gasteiger partial charge is 0.497 e. The molecule has 1 aromatic heterocycles. The van der Waals surface area contributed by atoms with Crippen molar-refractivity contribution in [1.29, 1.82) is 5.26 Å². The van der Waals surface area contributed by atoms with Crippen LogP contribution in [0.4, 0.5) is 5.69 Å². The van der Waals surface area contributed by atoms with E-state index in [-0.39, 0.29) is 11.2 Å². The van der Waals surface area contributed by atoms with Gasteiger partial charge >= 0.3 is 0 Å². The fourth-order valence-corrected chi connectivity index (χ4v) is 3.82. The minimum atomic E-state index is -0.363. The quantitative estimate of drug-likeness (QED) is 0.810. The van der Waals surface area contributed by atoms with Crippen molar-refractivity contribution in [1.82, 2.24) is 4.98 Å². The third-order valence-electron chi connectivity index (χ3n) is 4.40. The highest BCUT2D eigenvalue weighted by Gasteiger charge is 2.20. The lowest BCUT2D eigenvalue weighted by Crippen LogP contribution is -2.22. The van der Waals surface area contributed by atoms with E-state index in [0.29, 0.717) is 16.3 Å². The van der Waals surface area contributed by atoms with Crippen LogP contribution in [0.15, 0.2) is 35.4 Å². The average molecular weight is 367 g/mol. The van der Waals surface area contributed by atoms with Gasteiger partial charge in [-0.15, -0.1) is 0 Å². The maximum absolute atomic E-state index is 12.5. The van der Waals surface area contributed by atoms with Gasteiger partial charge in [-0.2, -0.15) is 5.26 Å². The third-order valence-corrected chi connectivity index (χ3v) is 5.50. The minimum Gasteiger partial charge on any atom is -0.497 e. The number of fused-ring (bicyclic) bond motifs is 1. The Bertz CT molecular complexity index is 843. The molecule has 0 fully saturated rings. The predicted octanol–water partition coefficient (Wildman–Crippen LogP) is 3.96. The lowest BCUT2D eigenvalue weighted by Gasteiger charge is -2.18. The highest BCUT2D eigenvalue weighted by atomic mass is 32.2. The second-order valence-corrected chi connectivity index (χ2v) is 7.57. The summed E-state index contributed by atoms with van der Waals surface area (Å²) >= 11 is 1.33. The molecule has 1 aromatic carbocycles. The fourth-order valence-electron chi connectivity index (χ4n) is 2.92. The first-order valence-corrected chi connectivity index (χ1v) is 9.53. The lowest BCUT2D eigenvalue weighted by atomic mass is 9.95. The molecule has 134 valence electrons. The number of amides is 1. The molecule has 1 aliphatic rings. The number of aryl methyl sites for hydroxylation is 2. The predicted molar refractivity (Wildman–Crippen MR) is 103 cm³/mol. The fraction of sp³-hybridized carbons (Fsp3) is 0.350. The van der Waals surface area contributed by atoms with Crippen molar-refractivity contribution in [3.63, 3.8) is 0 Å². The number of methoxy groups -OCH3 is 1. The van der Waals surface area contributed by atoms with Gasteiger partial charge in [0.05, 0.1) is 17.9 Å². The van der Waals surface area contributed by atoms with Crippen LogP contribution in [0.2, 0.25) is 0 Å². The van der Waals surface area contributed by atoms with Gasteiger partial charge < -0.3 is 10.1 Å². The van der Waals surface area contributed by atoms with E-state index in [0.717, 1.165) is 37.1 Å². The van der Waals surface area contributed by atoms with Gasteiger partial charge in [-0.3, -0.25) is 4.79 Å². The van der Waals surface area contributed by atoms with Crippen molar-refractivity contribution < 1.29 is 9.53 Å². The van der Waals surface area contributed by atoms with E-state index >= 15 is 0 Å². The van der Waals surface area contributed by atoms with Crippen LogP contribution in [0, 0.1) is 11.3 Å². The number of pyridine rings is 1. The molecule has 2 aromatic rings. The zero-order valence-electron chi connectivity index (χ0n) is 14.9. The van der Waals surface area contributed by atoms with E-state index in [1.807, 2.05) is 13.0 Å². The summed E-state index contributed by atoms with van der Waals surface area (Å²) in [6.45, 7) is 1.83. The molecular weight excluding hydrogens is 346 g/mol. The van der Waals surface area contributed by atoms with Crippen LogP contribution >= 0.6 is 11.8 Å². The van der Waals surface area contributed by atoms with Gasteiger partial charge in [0, 0.05) is 11.4 Å². The molecule has 26 heavy (non-hydrogen) atoms. The van der Waals surface area contributed by atoms with Crippen molar-refractivity contribution in [2.75, 3.05) is 12.4 Å². The average Bonchev–Trinajstić information content (AvgIpc) is 2.67. The Morgan fingerprint density at radius 3 is 2.73 bits per heavy atom. The molecule has 0 saturated heterocycles. The Balaban J connectivity index is 1.71. The first-order chi connectivity index (χ1) is 12.6. The molecule has 0 radical (unpaired) electrons. The molecule has 1 heterocycles. The minimum absolute atomic E-state index is 0.122. The van der Waals surface area contributed by atoms with Gasteiger partial charge in [0.2, 0.25) is 5.91 Å². The number of nitriles is 1. The van der Waals surface area contributed by atoms with Gasteiger partial charge in [0.15, 0.2) is 0 Å². The Morgan fingerprint density at radius 1 is 1.31 bits per heavy atom. The standard InChI is InChI=1S/C20H21N3O2S/c1-13(19(24)22-16-7-9-17(25-2)10-8-16)26-20-15(12-21)11-14-5-3-4-6-18(14)23-20/h7-11,13H,3-6H2,1-2H3,(H,22,24). The number of carbonyl (C=O) groups is 1. The number of thioether (sulfide) groups is 1. The normalized spacial score (nSPS) is 14.0. The molecule has 0 saturated carbocycles. The number of carbonyl (C=O) groups excluding carboxylic acids is 1. The summed E-state index contributed by atoms with van der Waals surface area (Å²) in [6.07, 6.45) is 4.20. The third kappa shape index (κ3) is 4.17. The first kappa shape index (κ1) is 18.3. The summed E-state index contributed by atoms with van der Waals surface area (Å²) in [4.78, 5) is 17.2. The number of hydrogen-bond donors (Lipinski definition) is 1. The van der Waals surface area contributed by atoms with E-state index in [1.54, 1.807) is 31.4 Å². The summed E-state index contributed by atoms with van der Waals surface area (Å²) in [7, 11) is 1.60. The van der Waals surface area contributed by atoms with Gasteiger partial charge in [0.1, 0.15) is 16.8 Å². The van der Waals surface area contributed by atoms with Crippen molar-refractivity contribution in [3.05, 3.63) is 47.2 Å². The van der Waals surface area contributed by atoms with Crippen molar-refractivity contribution in [3.8, 4) is 11.8 Å². The number of nitrogens with zero attached hydrogens (tertiary/aromatic N) is 2. The van der Waals surface area contributed by atoms with Crippen LogP contribution < -0.4 is 10.1 Å². The summed E-state index contributed by atoms with van der Waals surface area (Å²) in [5.41, 5.74) is 3.51. The highest BCUT2D eigenvalue weighted by Crippen LogP contribution is 2.30. The van der Waals surface area contributed by atoms with Crippen molar-refractivity contribution in [2.45, 2.75) is 42.9 Å². The van der Waals surface area contributed by atoms with Crippen molar-refractivity contribution >= 4 is 23.4 Å². The molecule has 0 spiro atoms. The molecule has 6 heteroatoms. The van der Waals surface area contributed by atoms with Crippen LogP contribution in [-0.2, 0) is 17.6 Å². The second-order valence-electron chi connectivity index (χ2n) is 6.24. The number of hydrogen-bond acceptors (Lipinski definition) is 5. The van der Waals surface area contributed by atoms with Crippen LogP contribution in [0.5, 0.6) is 5.75 Å². The summed E-state index contributed by atoms with van der Waals surface area (Å²) < 4.78 is 5.12. The van der Waals surface area contributed by atoms with Crippen LogP contribution in [0.3, 0.4) is 0 Å². The first-order valence-electron chi connectivity index (χ1n) is 8.65. The molecule has 1 N–H and O–H groups in total.